The van der Waals surface area contributed by atoms with Gasteiger partial charge in [-0.15, -0.1) is 5.10 Å². The average molecular weight is 322 g/mol. The molecule has 3 rings (SSSR count). The number of aromatic hydroxyl groups is 1. The van der Waals surface area contributed by atoms with Gasteiger partial charge in [0.25, 0.3) is 0 Å². The van der Waals surface area contributed by atoms with Gasteiger partial charge >= 0.3 is 6.01 Å². The Morgan fingerprint density at radius 2 is 1.86 bits per heavy atom. The van der Waals surface area contributed by atoms with E-state index < -0.39 is 0 Å². The van der Waals surface area contributed by atoms with Gasteiger partial charge < -0.3 is 14.8 Å². The molecule has 2 aromatic carbocycles. The number of phenols is 1. The highest BCUT2D eigenvalue weighted by molar-refractivity contribution is 6.43. The fourth-order valence-electron chi connectivity index (χ4n) is 1.74. The third kappa shape index (κ3) is 2.94. The lowest BCUT2D eigenvalue weighted by Crippen LogP contribution is -1.91. The Morgan fingerprint density at radius 3 is 2.67 bits per heavy atom. The molecule has 7 heteroatoms. The standard InChI is InChI=1S/C14H9Cl2N3O2/c15-10-5-2-6-11(12(10)16)17-14-19-18-13(21-14)8-3-1-4-9(20)7-8/h1-7,20H,(H,17,19). The molecule has 2 N–H and O–H groups in total. The maximum atomic E-state index is 9.45. The van der Waals surface area contributed by atoms with E-state index >= 15 is 0 Å². The molecule has 0 aliphatic rings. The molecule has 0 unspecified atom stereocenters. The molecule has 0 spiro atoms. The second-order valence-corrected chi connectivity index (χ2v) is 4.97. The molecule has 0 bridgehead atoms. The summed E-state index contributed by atoms with van der Waals surface area (Å²) in [5.74, 6) is 0.407. The van der Waals surface area contributed by atoms with E-state index in [4.69, 9.17) is 27.6 Å². The lowest BCUT2D eigenvalue weighted by Gasteiger charge is -2.04. The second kappa shape index (κ2) is 5.63. The van der Waals surface area contributed by atoms with Crippen molar-refractivity contribution in [3.05, 3.63) is 52.5 Å². The van der Waals surface area contributed by atoms with Crippen molar-refractivity contribution < 1.29 is 9.52 Å². The van der Waals surface area contributed by atoms with E-state index in [1.165, 1.54) is 6.07 Å². The van der Waals surface area contributed by atoms with Crippen molar-refractivity contribution in [3.8, 4) is 17.2 Å². The van der Waals surface area contributed by atoms with E-state index in [9.17, 15) is 5.11 Å². The zero-order chi connectivity index (χ0) is 14.8. The van der Waals surface area contributed by atoms with Crippen LogP contribution in [0.1, 0.15) is 0 Å². The summed E-state index contributed by atoms with van der Waals surface area (Å²) in [4.78, 5) is 0. The maximum absolute atomic E-state index is 9.45. The zero-order valence-corrected chi connectivity index (χ0v) is 12.1. The topological polar surface area (TPSA) is 71.2 Å². The van der Waals surface area contributed by atoms with Crippen LogP contribution < -0.4 is 5.32 Å². The minimum Gasteiger partial charge on any atom is -0.508 e. The summed E-state index contributed by atoms with van der Waals surface area (Å²) in [6.07, 6.45) is 0. The predicted molar refractivity (Wildman–Crippen MR) is 81.1 cm³/mol. The van der Waals surface area contributed by atoms with Crippen molar-refractivity contribution in [2.75, 3.05) is 5.32 Å². The number of aromatic nitrogens is 2. The van der Waals surface area contributed by atoms with Crippen LogP contribution in [-0.4, -0.2) is 15.3 Å². The maximum Gasteiger partial charge on any atom is 0.320 e. The number of nitrogens with zero attached hydrogens (tertiary/aromatic N) is 2. The normalized spacial score (nSPS) is 10.6. The first-order valence-electron chi connectivity index (χ1n) is 5.97. The van der Waals surface area contributed by atoms with Gasteiger partial charge in [0.05, 0.1) is 15.7 Å². The first-order chi connectivity index (χ1) is 10.1. The Kier molecular flexibility index (Phi) is 3.68. The minimum atomic E-state index is 0.123. The van der Waals surface area contributed by atoms with Crippen LogP contribution in [0.25, 0.3) is 11.5 Å². The third-order valence-electron chi connectivity index (χ3n) is 2.71. The summed E-state index contributed by atoms with van der Waals surface area (Å²) in [7, 11) is 0. The molecule has 0 fully saturated rings. The summed E-state index contributed by atoms with van der Waals surface area (Å²) in [6.45, 7) is 0. The van der Waals surface area contributed by atoms with E-state index in [0.29, 0.717) is 21.3 Å². The predicted octanol–water partition coefficient (Wildman–Crippen LogP) is 4.49. The molecule has 0 saturated heterocycles. The molecule has 0 aliphatic carbocycles. The van der Waals surface area contributed by atoms with Crippen LogP contribution in [0, 0.1) is 0 Å². The van der Waals surface area contributed by atoms with Crippen molar-refractivity contribution in [3.63, 3.8) is 0 Å². The third-order valence-corrected chi connectivity index (χ3v) is 3.53. The van der Waals surface area contributed by atoms with Crippen LogP contribution in [0.15, 0.2) is 46.9 Å². The molecule has 5 nitrogen and oxygen atoms in total. The van der Waals surface area contributed by atoms with Crippen molar-refractivity contribution in [2.45, 2.75) is 0 Å². The van der Waals surface area contributed by atoms with Gasteiger partial charge in [-0.05, 0) is 30.3 Å². The Morgan fingerprint density at radius 1 is 1.05 bits per heavy atom. The Balaban J connectivity index is 1.87. The monoisotopic (exact) mass is 321 g/mol. The molecule has 1 aromatic heterocycles. The number of hydrogen-bond acceptors (Lipinski definition) is 5. The fraction of sp³-hybridized carbons (Fsp3) is 0. The molecular weight excluding hydrogens is 313 g/mol. The second-order valence-electron chi connectivity index (χ2n) is 4.19. The number of benzene rings is 2. The van der Waals surface area contributed by atoms with Crippen molar-refractivity contribution in [1.29, 1.82) is 0 Å². The van der Waals surface area contributed by atoms with Crippen LogP contribution in [0.5, 0.6) is 5.75 Å². The van der Waals surface area contributed by atoms with Gasteiger partial charge in [-0.25, -0.2) is 0 Å². The van der Waals surface area contributed by atoms with Gasteiger partial charge in [-0.1, -0.05) is 40.4 Å². The van der Waals surface area contributed by atoms with Gasteiger partial charge in [-0.3, -0.25) is 0 Å². The molecule has 0 radical (unpaired) electrons. The Bertz CT molecular complexity index is 789. The average Bonchev–Trinajstić information content (AvgIpc) is 2.93. The summed E-state index contributed by atoms with van der Waals surface area (Å²) in [5, 5.41) is 20.9. The number of halogens is 2. The molecule has 106 valence electrons. The number of anilines is 2. The van der Waals surface area contributed by atoms with Gasteiger partial charge in [0.15, 0.2) is 0 Å². The Hall–Kier alpha value is -2.24. The van der Waals surface area contributed by atoms with Crippen LogP contribution >= 0.6 is 23.2 Å². The van der Waals surface area contributed by atoms with Gasteiger partial charge in [0.2, 0.25) is 5.89 Å². The van der Waals surface area contributed by atoms with E-state index in [2.05, 4.69) is 15.5 Å². The van der Waals surface area contributed by atoms with E-state index in [0.717, 1.165) is 0 Å². The van der Waals surface area contributed by atoms with E-state index in [-0.39, 0.29) is 17.7 Å². The summed E-state index contributed by atoms with van der Waals surface area (Å²) in [5.41, 5.74) is 1.18. The van der Waals surface area contributed by atoms with Crippen molar-refractivity contribution >= 4 is 34.9 Å². The highest BCUT2D eigenvalue weighted by Crippen LogP contribution is 2.32. The Labute approximate surface area is 130 Å². The number of phenolic OH excluding ortho intramolecular Hbond substituents is 1. The van der Waals surface area contributed by atoms with Crippen LogP contribution in [0.2, 0.25) is 10.0 Å². The molecular formula is C14H9Cl2N3O2. The first kappa shape index (κ1) is 13.7. The molecule has 0 aliphatic heterocycles. The van der Waals surface area contributed by atoms with Crippen LogP contribution in [0.3, 0.4) is 0 Å². The van der Waals surface area contributed by atoms with Crippen LogP contribution in [-0.2, 0) is 0 Å². The van der Waals surface area contributed by atoms with Crippen molar-refractivity contribution in [1.82, 2.24) is 10.2 Å². The largest absolute Gasteiger partial charge is 0.508 e. The highest BCUT2D eigenvalue weighted by atomic mass is 35.5. The van der Waals surface area contributed by atoms with Gasteiger partial charge in [0, 0.05) is 5.56 Å². The van der Waals surface area contributed by atoms with Crippen molar-refractivity contribution in [2.24, 2.45) is 0 Å². The summed E-state index contributed by atoms with van der Waals surface area (Å²) >= 11 is 12.0. The molecule has 1 heterocycles. The zero-order valence-electron chi connectivity index (χ0n) is 10.5. The summed E-state index contributed by atoms with van der Waals surface area (Å²) < 4.78 is 5.48. The smallest absolute Gasteiger partial charge is 0.320 e. The number of nitrogens with one attached hydrogen (secondary N) is 1. The molecule has 0 amide bonds. The fourth-order valence-corrected chi connectivity index (χ4v) is 2.09. The molecule has 0 saturated carbocycles. The highest BCUT2D eigenvalue weighted by Gasteiger charge is 2.11. The van der Waals surface area contributed by atoms with Gasteiger partial charge in [0.1, 0.15) is 5.75 Å². The molecule has 3 aromatic rings. The summed E-state index contributed by atoms with van der Waals surface area (Å²) in [6, 6.07) is 11.9. The lowest BCUT2D eigenvalue weighted by atomic mass is 10.2. The molecule has 0 atom stereocenters. The SMILES string of the molecule is Oc1cccc(-c2nnc(Nc3cccc(Cl)c3Cl)o2)c1. The lowest BCUT2D eigenvalue weighted by molar-refractivity contribution is 0.475. The van der Waals surface area contributed by atoms with E-state index in [1.54, 1.807) is 36.4 Å². The van der Waals surface area contributed by atoms with Crippen LogP contribution in [0.4, 0.5) is 11.7 Å². The quantitative estimate of drug-likeness (QED) is 0.743. The molecule has 21 heavy (non-hydrogen) atoms. The number of hydrogen-bond donors (Lipinski definition) is 2. The number of rotatable bonds is 3. The minimum absolute atomic E-state index is 0.123. The van der Waals surface area contributed by atoms with E-state index in [1.807, 2.05) is 0 Å². The van der Waals surface area contributed by atoms with Gasteiger partial charge in [-0.2, -0.15) is 0 Å². The first-order valence-corrected chi connectivity index (χ1v) is 6.73.